The second-order valence-corrected chi connectivity index (χ2v) is 36.1. The predicted molar refractivity (Wildman–Crippen MR) is 522 cm³/mol. The summed E-state index contributed by atoms with van der Waals surface area (Å²) in [6.07, 6.45) is 0. The van der Waals surface area contributed by atoms with E-state index in [4.69, 9.17) is 18.9 Å². The van der Waals surface area contributed by atoms with Gasteiger partial charge in [0.05, 0.1) is 11.4 Å². The van der Waals surface area contributed by atoms with Crippen molar-refractivity contribution >= 4 is 103 Å². The molecular weight excluding hydrogens is 1520 g/mol. The van der Waals surface area contributed by atoms with Crippen molar-refractivity contribution in [3.05, 3.63) is 405 Å². The van der Waals surface area contributed by atoms with Crippen LogP contribution >= 0.6 is 0 Å². The lowest BCUT2D eigenvalue weighted by Crippen LogP contribution is -2.66. The summed E-state index contributed by atoms with van der Waals surface area (Å²) in [6.45, 7) is 12.6. The molecule has 0 amide bonds. The molecule has 0 saturated heterocycles. The molecule has 24 rings (SSSR count). The molecule has 18 aromatic rings. The second kappa shape index (κ2) is 28.8. The maximum atomic E-state index is 8.45. The summed E-state index contributed by atoms with van der Waals surface area (Å²) in [5, 5.41) is 0. The van der Waals surface area contributed by atoms with E-state index in [1.54, 1.807) is 0 Å². The summed E-state index contributed by atoms with van der Waals surface area (Å²) in [4.78, 5) is 5.30. The van der Waals surface area contributed by atoms with Gasteiger partial charge in [0.25, 0.3) is 20.1 Å². The summed E-state index contributed by atoms with van der Waals surface area (Å²) in [7, 11) is 0. The molecule has 0 aromatic heterocycles. The monoisotopic (exact) mass is 1600 g/mol. The molecule has 0 atom stereocenters. The van der Waals surface area contributed by atoms with Gasteiger partial charge in [-0.25, -0.2) is 0 Å². The topological polar surface area (TPSA) is 43.4 Å². The predicted octanol–water partition coefficient (Wildman–Crippen LogP) is 24.8. The maximum Gasteiger partial charge on any atom is 0.261 e. The highest BCUT2D eigenvalue weighted by Gasteiger charge is 2.55. The van der Waals surface area contributed by atoms with E-state index in [1.165, 1.54) is 11.1 Å². The van der Waals surface area contributed by atoms with E-state index in [2.05, 4.69) is 446 Å². The number of anilines is 6. The van der Waals surface area contributed by atoms with E-state index in [0.717, 1.165) is 218 Å². The van der Waals surface area contributed by atoms with E-state index in [1.807, 2.05) is 0 Å². The summed E-state index contributed by atoms with van der Waals surface area (Å²) in [6, 6.07) is 145. The summed E-state index contributed by atoms with van der Waals surface area (Å²) >= 11 is 0. The number of hydrogen-bond donors (Lipinski definition) is 0. The SMILES string of the molecule is CC(C)(C)c1cc(-c2ccccc2)c(N2c3cc(-c4ccccc4)cc4c3B(c3c2cc2c5c3Oc3cc(-c6ccccc6)ccc3B5c3ccc(-c5ccccc5)cc3O2)c2c(cc3c5c2Oc2cc(-c6ccccc6)ccc2B5c2ccc(-c5ccccc5)cc2O3)N4c2c(-c3ccccc3)cc(C(C)(C)C)cc2-c2ccccc2)c(-c2ccccc2)c1. The second-order valence-electron chi connectivity index (χ2n) is 36.1. The van der Waals surface area contributed by atoms with E-state index >= 15 is 0 Å². The first-order valence-corrected chi connectivity index (χ1v) is 43.6. The number of nitrogens with zero attached hydrogens (tertiary/aromatic N) is 2. The zero-order valence-electron chi connectivity index (χ0n) is 70.3. The van der Waals surface area contributed by atoms with Gasteiger partial charge in [0.15, 0.2) is 0 Å². The Bertz CT molecular complexity index is 6850. The fraction of sp³-hybridized carbons (Fsp3) is 0.0690. The molecule has 0 radical (unpaired) electrons. The fourth-order valence-electron chi connectivity index (χ4n) is 20.5. The number of rotatable bonds is 11. The summed E-state index contributed by atoms with van der Waals surface area (Å²) in [5.41, 5.74) is 36.0. The van der Waals surface area contributed by atoms with E-state index in [-0.39, 0.29) is 24.3 Å². The van der Waals surface area contributed by atoms with Crippen molar-refractivity contribution in [2.24, 2.45) is 0 Å². The number of fused-ring (bicyclic) bond motifs is 14. The molecule has 0 fully saturated rings. The molecule has 0 unspecified atom stereocenters. The highest BCUT2D eigenvalue weighted by molar-refractivity contribution is 7.05. The van der Waals surface area contributed by atoms with Gasteiger partial charge in [0.2, 0.25) is 0 Å². The lowest BCUT2D eigenvalue weighted by Gasteiger charge is -2.48. The molecule has 18 aromatic carbocycles. The van der Waals surface area contributed by atoms with Crippen LogP contribution in [0.15, 0.2) is 394 Å². The molecule has 0 bridgehead atoms. The Morgan fingerprint density at radius 2 is 0.432 bits per heavy atom. The first kappa shape index (κ1) is 73.8. The van der Waals surface area contributed by atoms with Gasteiger partial charge in [-0.3, -0.25) is 0 Å². The Labute approximate surface area is 731 Å². The van der Waals surface area contributed by atoms with Gasteiger partial charge in [-0.15, -0.1) is 0 Å². The maximum absolute atomic E-state index is 8.45. The van der Waals surface area contributed by atoms with Crippen molar-refractivity contribution in [3.8, 4) is 146 Å². The van der Waals surface area contributed by atoms with Gasteiger partial charge in [-0.1, -0.05) is 363 Å². The van der Waals surface area contributed by atoms with Crippen LogP contribution in [0.2, 0.25) is 0 Å². The Hall–Kier alpha value is -15.0. The molecule has 6 heterocycles. The highest BCUT2D eigenvalue weighted by atomic mass is 16.5. The van der Waals surface area contributed by atoms with Crippen LogP contribution in [0.3, 0.4) is 0 Å². The Balaban J connectivity index is 0.910. The van der Waals surface area contributed by atoms with E-state index in [9.17, 15) is 0 Å². The molecule has 125 heavy (non-hydrogen) atoms. The molecule has 9 heteroatoms. The van der Waals surface area contributed by atoms with Crippen molar-refractivity contribution in [3.63, 3.8) is 0 Å². The quantitative estimate of drug-likeness (QED) is 0.120. The van der Waals surface area contributed by atoms with Crippen LogP contribution in [0.25, 0.3) is 100 Å². The largest absolute Gasteiger partial charge is 0.459 e. The normalized spacial score (nSPS) is 13.2. The summed E-state index contributed by atoms with van der Waals surface area (Å²) in [5.74, 6) is 6.00. The van der Waals surface area contributed by atoms with Gasteiger partial charge in [-0.2, -0.15) is 0 Å². The van der Waals surface area contributed by atoms with Crippen LogP contribution in [-0.4, -0.2) is 20.1 Å². The Morgan fingerprint density at radius 1 is 0.192 bits per heavy atom. The Morgan fingerprint density at radius 3 is 0.696 bits per heavy atom. The lowest BCUT2D eigenvalue weighted by atomic mass is 9.28. The zero-order chi connectivity index (χ0) is 83.5. The van der Waals surface area contributed by atoms with E-state index < -0.39 is 6.71 Å². The van der Waals surface area contributed by atoms with Gasteiger partial charge in [0, 0.05) is 68.1 Å². The van der Waals surface area contributed by atoms with Crippen LogP contribution in [0.1, 0.15) is 52.7 Å². The molecule has 6 aliphatic rings. The van der Waals surface area contributed by atoms with Crippen LogP contribution in [0.4, 0.5) is 34.1 Å². The highest BCUT2D eigenvalue weighted by Crippen LogP contribution is 2.58. The van der Waals surface area contributed by atoms with Crippen molar-refractivity contribution in [2.75, 3.05) is 9.80 Å². The first-order valence-electron chi connectivity index (χ1n) is 43.6. The van der Waals surface area contributed by atoms with Gasteiger partial charge in [-0.05, 0) is 199 Å². The van der Waals surface area contributed by atoms with Crippen molar-refractivity contribution in [1.82, 2.24) is 0 Å². The average Bonchev–Trinajstić information content (AvgIpc) is 0.666. The standard InChI is InChI=1S/C116H83B3N2O4/c1-115(2,3)86-66-88(77-44-26-12-27-45-77)111(89(67-86)78-46-28-13-29-47-78)120-96-60-85(76-42-24-11-25-43-76)61-97-106(96)119(107-98(120)70-104-109-113(107)124-102-64-83(74-38-20-9-21-39-74)54-58-94(102)117(109)92-56-52-81(62-100(92)122-104)72-34-16-7-17-35-72)108-99(121(97)112-90(79-48-30-14-31-49-79)68-87(116(4,5)6)69-91(112)80-50-32-15-33-51-80)71-105-110-114(108)125-103-65-84(75-40-22-10-23-41-75)55-59-95(103)118(110)93-57-53-82(63-101(93)123-105)73-36-18-8-19-37-73/h7-71H,1-6H3. The molecule has 0 saturated carbocycles. The van der Waals surface area contributed by atoms with Gasteiger partial charge >= 0.3 is 0 Å². The van der Waals surface area contributed by atoms with Crippen molar-refractivity contribution in [2.45, 2.75) is 52.4 Å². The third-order valence-electron chi connectivity index (χ3n) is 26.6. The summed E-state index contributed by atoms with van der Waals surface area (Å²) < 4.78 is 32.8. The van der Waals surface area contributed by atoms with Crippen LogP contribution in [0.5, 0.6) is 46.0 Å². The first-order chi connectivity index (χ1) is 61.3. The van der Waals surface area contributed by atoms with E-state index in [0.29, 0.717) is 11.5 Å². The number of ether oxygens (including phenoxy) is 4. The molecule has 0 spiro atoms. The molecule has 6 nitrogen and oxygen atoms in total. The van der Waals surface area contributed by atoms with Gasteiger partial charge in [0.1, 0.15) is 46.0 Å². The van der Waals surface area contributed by atoms with Gasteiger partial charge < -0.3 is 28.7 Å². The molecule has 6 aliphatic heterocycles. The minimum atomic E-state index is -0.686. The smallest absolute Gasteiger partial charge is 0.261 e. The van der Waals surface area contributed by atoms with Crippen LogP contribution < -0.4 is 77.9 Å². The van der Waals surface area contributed by atoms with Crippen LogP contribution in [-0.2, 0) is 10.8 Å². The molecule has 0 aliphatic carbocycles. The number of hydrogen-bond acceptors (Lipinski definition) is 6. The fourth-order valence-corrected chi connectivity index (χ4v) is 20.5. The zero-order valence-corrected chi connectivity index (χ0v) is 70.3. The minimum Gasteiger partial charge on any atom is -0.459 e. The minimum absolute atomic E-state index is 0.298. The third-order valence-corrected chi connectivity index (χ3v) is 26.6. The molecular formula is C116H83B3N2O4. The van der Waals surface area contributed by atoms with Crippen molar-refractivity contribution < 1.29 is 18.9 Å². The third kappa shape index (κ3) is 12.1. The molecule has 0 N–H and O–H groups in total. The molecule has 590 valence electrons. The number of benzene rings is 18. The van der Waals surface area contributed by atoms with Crippen LogP contribution in [0, 0.1) is 0 Å². The average molecular weight is 1600 g/mol. The van der Waals surface area contributed by atoms with Crippen molar-refractivity contribution in [1.29, 1.82) is 0 Å². The Kier molecular flexibility index (Phi) is 17.0. The lowest BCUT2D eigenvalue weighted by molar-refractivity contribution is 0.467.